The Morgan fingerprint density at radius 2 is 1.62 bits per heavy atom. The van der Waals surface area contributed by atoms with E-state index in [1.165, 1.54) is 5.56 Å². The number of sulfonamides is 1. The quantitative estimate of drug-likeness (QED) is 0.659. The molecular formula is C19H25N3O3S. The van der Waals surface area contributed by atoms with Crippen molar-refractivity contribution >= 4 is 27.4 Å². The number of hydrogen-bond donors (Lipinski definition) is 3. The maximum Gasteiger partial charge on any atom is 0.319 e. The van der Waals surface area contributed by atoms with Crippen molar-refractivity contribution in [1.82, 2.24) is 5.32 Å². The lowest BCUT2D eigenvalue weighted by molar-refractivity contribution is 0.248. The predicted molar refractivity (Wildman–Crippen MR) is 106 cm³/mol. The van der Waals surface area contributed by atoms with E-state index in [-0.39, 0.29) is 17.8 Å². The van der Waals surface area contributed by atoms with Crippen LogP contribution in [-0.2, 0) is 16.4 Å². The van der Waals surface area contributed by atoms with Crippen molar-refractivity contribution in [2.45, 2.75) is 32.7 Å². The Kier molecular flexibility index (Phi) is 7.03. The number of anilines is 2. The van der Waals surface area contributed by atoms with Crippen LogP contribution in [0.4, 0.5) is 16.2 Å². The average Bonchev–Trinajstić information content (AvgIpc) is 2.62. The minimum atomic E-state index is -3.30. The third kappa shape index (κ3) is 6.76. The van der Waals surface area contributed by atoms with Crippen LogP contribution < -0.4 is 15.4 Å². The molecule has 2 rings (SSSR count). The first-order valence-corrected chi connectivity index (χ1v) is 10.2. The van der Waals surface area contributed by atoms with Gasteiger partial charge in [-0.1, -0.05) is 30.3 Å². The maximum absolute atomic E-state index is 12.1. The minimum Gasteiger partial charge on any atom is -0.335 e. The molecule has 0 heterocycles. The number of hydrogen-bond acceptors (Lipinski definition) is 3. The van der Waals surface area contributed by atoms with Gasteiger partial charge >= 0.3 is 6.03 Å². The fraction of sp³-hybridized carbons (Fsp3) is 0.316. The van der Waals surface area contributed by atoms with Crippen LogP contribution in [0.25, 0.3) is 0 Å². The van der Waals surface area contributed by atoms with Crippen LogP contribution in [0.1, 0.15) is 25.8 Å². The molecule has 0 spiro atoms. The second-order valence-corrected chi connectivity index (χ2v) is 8.12. The number of aryl methyl sites for hydroxylation is 1. The summed E-state index contributed by atoms with van der Waals surface area (Å²) in [5.41, 5.74) is 2.30. The van der Waals surface area contributed by atoms with Crippen LogP contribution in [0, 0.1) is 0 Å². The third-order valence-corrected chi connectivity index (χ3v) is 5.19. The molecule has 0 aromatic heterocycles. The normalized spacial score (nSPS) is 12.2. The lowest BCUT2D eigenvalue weighted by Gasteiger charge is -2.15. The van der Waals surface area contributed by atoms with Gasteiger partial charge in [0.25, 0.3) is 0 Å². The van der Waals surface area contributed by atoms with E-state index < -0.39 is 10.0 Å². The van der Waals surface area contributed by atoms with Crippen molar-refractivity contribution in [3.63, 3.8) is 0 Å². The van der Waals surface area contributed by atoms with Gasteiger partial charge in [-0.3, -0.25) is 4.72 Å². The molecule has 7 heteroatoms. The van der Waals surface area contributed by atoms with Gasteiger partial charge in [-0.2, -0.15) is 0 Å². The molecule has 0 bridgehead atoms. The van der Waals surface area contributed by atoms with E-state index in [2.05, 4.69) is 27.5 Å². The van der Waals surface area contributed by atoms with Crippen LogP contribution in [0.2, 0.25) is 0 Å². The molecular weight excluding hydrogens is 350 g/mol. The fourth-order valence-corrected chi connectivity index (χ4v) is 3.00. The standard InChI is InChI=1S/C19H25N3O3S/c1-3-26(24,25)22-18-13-11-17(12-14-18)21-19(23)20-15(2)9-10-16-7-5-4-6-8-16/h4-8,11-15,22H,3,9-10H2,1-2H3,(H2,20,21,23). The lowest BCUT2D eigenvalue weighted by Crippen LogP contribution is -2.36. The molecule has 6 nitrogen and oxygen atoms in total. The molecule has 1 atom stereocenters. The molecule has 0 saturated carbocycles. The van der Waals surface area contributed by atoms with E-state index in [9.17, 15) is 13.2 Å². The van der Waals surface area contributed by atoms with Crippen molar-refractivity contribution < 1.29 is 13.2 Å². The van der Waals surface area contributed by atoms with E-state index in [1.54, 1.807) is 31.2 Å². The van der Waals surface area contributed by atoms with Crippen molar-refractivity contribution in [3.05, 3.63) is 60.2 Å². The summed E-state index contributed by atoms with van der Waals surface area (Å²) < 4.78 is 25.5. The minimum absolute atomic E-state index is 0.0102. The summed E-state index contributed by atoms with van der Waals surface area (Å²) in [5.74, 6) is 0.0102. The van der Waals surface area contributed by atoms with E-state index in [0.717, 1.165) is 12.8 Å². The van der Waals surface area contributed by atoms with Crippen LogP contribution in [0.3, 0.4) is 0 Å². The van der Waals surface area contributed by atoms with Gasteiger partial charge in [0.05, 0.1) is 5.75 Å². The summed E-state index contributed by atoms with van der Waals surface area (Å²) >= 11 is 0. The van der Waals surface area contributed by atoms with Gasteiger partial charge in [0.2, 0.25) is 10.0 Å². The van der Waals surface area contributed by atoms with E-state index in [1.807, 2.05) is 25.1 Å². The average molecular weight is 375 g/mol. The number of carbonyl (C=O) groups is 1. The van der Waals surface area contributed by atoms with Crippen molar-refractivity contribution in [3.8, 4) is 0 Å². The first-order valence-electron chi connectivity index (χ1n) is 8.60. The van der Waals surface area contributed by atoms with E-state index in [0.29, 0.717) is 11.4 Å². The summed E-state index contributed by atoms with van der Waals surface area (Å²) in [4.78, 5) is 12.1. The molecule has 26 heavy (non-hydrogen) atoms. The summed E-state index contributed by atoms with van der Waals surface area (Å²) in [5, 5.41) is 5.65. The van der Waals surface area contributed by atoms with Gasteiger partial charge in [-0.15, -0.1) is 0 Å². The maximum atomic E-state index is 12.1. The number of urea groups is 1. The molecule has 0 aliphatic rings. The van der Waals surface area contributed by atoms with Crippen molar-refractivity contribution in [2.75, 3.05) is 15.8 Å². The molecule has 140 valence electrons. The van der Waals surface area contributed by atoms with E-state index >= 15 is 0 Å². The number of benzene rings is 2. The van der Waals surface area contributed by atoms with E-state index in [4.69, 9.17) is 0 Å². The largest absolute Gasteiger partial charge is 0.335 e. The third-order valence-electron chi connectivity index (χ3n) is 3.88. The SMILES string of the molecule is CCS(=O)(=O)Nc1ccc(NC(=O)NC(C)CCc2ccccc2)cc1. The first-order chi connectivity index (χ1) is 12.4. The summed E-state index contributed by atoms with van der Waals surface area (Å²) in [6.45, 7) is 3.53. The highest BCUT2D eigenvalue weighted by molar-refractivity contribution is 7.92. The Balaban J connectivity index is 1.79. The molecule has 1 unspecified atom stereocenters. The Hall–Kier alpha value is -2.54. The Morgan fingerprint density at radius 1 is 1.00 bits per heavy atom. The van der Waals surface area contributed by atoms with Crippen LogP contribution in [0.5, 0.6) is 0 Å². The highest BCUT2D eigenvalue weighted by Gasteiger charge is 2.09. The number of amides is 2. The summed E-state index contributed by atoms with van der Waals surface area (Å²) in [7, 11) is -3.30. The van der Waals surface area contributed by atoms with Crippen LogP contribution in [0.15, 0.2) is 54.6 Å². The zero-order valence-electron chi connectivity index (χ0n) is 15.0. The Bertz CT molecular complexity index is 806. The van der Waals surface area contributed by atoms with Crippen molar-refractivity contribution in [2.24, 2.45) is 0 Å². The predicted octanol–water partition coefficient (Wildman–Crippen LogP) is 3.59. The monoisotopic (exact) mass is 375 g/mol. The lowest BCUT2D eigenvalue weighted by atomic mass is 10.1. The second-order valence-electron chi connectivity index (χ2n) is 6.11. The van der Waals surface area contributed by atoms with Gasteiger partial charge < -0.3 is 10.6 Å². The van der Waals surface area contributed by atoms with Gasteiger partial charge in [0, 0.05) is 17.4 Å². The van der Waals surface area contributed by atoms with Crippen LogP contribution in [-0.4, -0.2) is 26.2 Å². The first kappa shape index (κ1) is 19.8. The molecule has 0 fully saturated rings. The topological polar surface area (TPSA) is 87.3 Å². The molecule has 2 aromatic rings. The molecule has 3 N–H and O–H groups in total. The molecule has 2 amide bonds. The number of nitrogens with one attached hydrogen (secondary N) is 3. The fourth-order valence-electron chi connectivity index (χ4n) is 2.36. The molecule has 0 saturated heterocycles. The molecule has 2 aromatic carbocycles. The molecule has 0 aliphatic heterocycles. The van der Waals surface area contributed by atoms with Gasteiger partial charge in [-0.05, 0) is 56.5 Å². The van der Waals surface area contributed by atoms with Crippen LogP contribution >= 0.6 is 0 Å². The molecule has 0 aliphatic carbocycles. The number of carbonyl (C=O) groups excluding carboxylic acids is 1. The highest BCUT2D eigenvalue weighted by atomic mass is 32.2. The Labute approximate surface area is 155 Å². The Morgan fingerprint density at radius 3 is 2.23 bits per heavy atom. The van der Waals surface area contributed by atoms with Gasteiger partial charge in [0.1, 0.15) is 0 Å². The summed E-state index contributed by atoms with van der Waals surface area (Å²) in [6, 6.07) is 16.4. The highest BCUT2D eigenvalue weighted by Crippen LogP contribution is 2.15. The van der Waals surface area contributed by atoms with Gasteiger partial charge in [0.15, 0.2) is 0 Å². The van der Waals surface area contributed by atoms with Gasteiger partial charge in [-0.25, -0.2) is 13.2 Å². The summed E-state index contributed by atoms with van der Waals surface area (Å²) in [6.07, 6.45) is 1.74. The second kappa shape index (κ2) is 9.24. The zero-order chi connectivity index (χ0) is 19.0. The zero-order valence-corrected chi connectivity index (χ0v) is 15.8. The van der Waals surface area contributed by atoms with Crippen molar-refractivity contribution in [1.29, 1.82) is 0 Å². The smallest absolute Gasteiger partial charge is 0.319 e. The number of rotatable bonds is 8. The molecule has 0 radical (unpaired) electrons.